The summed E-state index contributed by atoms with van der Waals surface area (Å²) < 4.78 is 52.7. The van der Waals surface area contributed by atoms with E-state index in [1.54, 1.807) is 0 Å². The van der Waals surface area contributed by atoms with E-state index in [1.807, 2.05) is 74.5 Å². The largest absolute Gasteiger partial charge is 0.530 e. The Bertz CT molecular complexity index is 1850. The number of carbonyl (C=O) groups excluding carboxylic acids is 2. The van der Waals surface area contributed by atoms with E-state index in [9.17, 15) is 28.2 Å². The van der Waals surface area contributed by atoms with Crippen LogP contribution in [0.2, 0.25) is 0 Å². The number of benzene rings is 3. The number of fused-ring (bicyclic) bond motifs is 2. The lowest BCUT2D eigenvalue weighted by molar-refractivity contribution is -0.273. The standard InChI is InChI=1S/C40H52N4O10S/c1-40(2,18-9-10-19-41-38(46)42-23-29-13-7-4-8-14-29)26-43(55(49,50)30-15-16-35-36(22-30)54-27-53-35)24-34(45)32(21-28-11-5-3-6-12-28)44(39(47)48)33-25-52-37-31(33)17-20-51-37/h3-8,11-16,22,31-34,37,45H,9-10,17-21,23-27H2,1-2H3,(H,47,48)(H2,41,42,46)/p-1/t31-,32-,33-,34+,37+/m0/s1. The van der Waals surface area contributed by atoms with Gasteiger partial charge < -0.3 is 49.5 Å². The molecule has 3 aliphatic rings. The average Bonchev–Trinajstić information content (AvgIpc) is 3.93. The first-order valence-corrected chi connectivity index (χ1v) is 20.3. The Balaban J connectivity index is 1.19. The summed E-state index contributed by atoms with van der Waals surface area (Å²) in [5.41, 5.74) is 1.17. The van der Waals surface area contributed by atoms with Crippen molar-refractivity contribution in [1.82, 2.24) is 19.8 Å². The van der Waals surface area contributed by atoms with E-state index in [0.29, 0.717) is 56.9 Å². The van der Waals surface area contributed by atoms with Crippen molar-refractivity contribution >= 4 is 22.1 Å². The van der Waals surface area contributed by atoms with E-state index in [-0.39, 0.29) is 43.2 Å². The summed E-state index contributed by atoms with van der Waals surface area (Å²) >= 11 is 0. The van der Waals surface area contributed by atoms with Crippen molar-refractivity contribution in [3.8, 4) is 11.5 Å². The quantitative estimate of drug-likeness (QED) is 0.162. The summed E-state index contributed by atoms with van der Waals surface area (Å²) in [6, 6.07) is 21.2. The van der Waals surface area contributed by atoms with Gasteiger partial charge in [0.2, 0.25) is 16.8 Å². The first kappa shape index (κ1) is 40.3. The molecule has 0 aromatic heterocycles. The summed E-state index contributed by atoms with van der Waals surface area (Å²) in [6.45, 7) is 4.82. The lowest BCUT2D eigenvalue weighted by Gasteiger charge is -2.43. The lowest BCUT2D eigenvalue weighted by atomic mass is 9.87. The molecular weight excluding hydrogens is 729 g/mol. The van der Waals surface area contributed by atoms with Gasteiger partial charge in [0.05, 0.1) is 36.3 Å². The molecule has 2 saturated heterocycles. The number of nitrogens with one attached hydrogen (secondary N) is 2. The van der Waals surface area contributed by atoms with Gasteiger partial charge >= 0.3 is 6.03 Å². The zero-order valence-corrected chi connectivity index (χ0v) is 32.1. The monoisotopic (exact) mass is 779 g/mol. The number of nitrogens with zero attached hydrogens (tertiary/aromatic N) is 2. The third-order valence-corrected chi connectivity index (χ3v) is 12.3. The van der Waals surface area contributed by atoms with Crippen LogP contribution in [0.25, 0.3) is 0 Å². The van der Waals surface area contributed by atoms with Crippen molar-refractivity contribution in [2.75, 3.05) is 39.6 Å². The molecule has 0 unspecified atom stereocenters. The summed E-state index contributed by atoms with van der Waals surface area (Å²) in [5.74, 6) is 0.467. The van der Waals surface area contributed by atoms with E-state index >= 15 is 0 Å². The summed E-state index contributed by atoms with van der Waals surface area (Å²) in [7, 11) is -4.27. The van der Waals surface area contributed by atoms with E-state index in [2.05, 4.69) is 10.6 Å². The number of hydrogen-bond donors (Lipinski definition) is 3. The minimum Gasteiger partial charge on any atom is -0.530 e. The minimum atomic E-state index is -4.27. The molecule has 0 aliphatic carbocycles. The minimum absolute atomic E-state index is 0.0142. The number of sulfonamides is 1. The molecule has 55 heavy (non-hydrogen) atoms. The van der Waals surface area contributed by atoms with Crippen molar-refractivity contribution in [2.45, 2.75) is 81.9 Å². The van der Waals surface area contributed by atoms with Crippen LogP contribution in [0.4, 0.5) is 9.59 Å². The zero-order valence-electron chi connectivity index (χ0n) is 31.3. The predicted octanol–water partition coefficient (Wildman–Crippen LogP) is 3.48. The van der Waals surface area contributed by atoms with Crippen LogP contribution >= 0.6 is 0 Å². The van der Waals surface area contributed by atoms with Crippen LogP contribution in [0, 0.1) is 11.3 Å². The highest BCUT2D eigenvalue weighted by atomic mass is 32.2. The Labute approximate surface area is 322 Å². The highest BCUT2D eigenvalue weighted by Crippen LogP contribution is 2.38. The Morgan fingerprint density at radius 1 is 0.945 bits per heavy atom. The molecule has 15 heteroatoms. The van der Waals surface area contributed by atoms with Crippen LogP contribution in [-0.2, 0) is 32.5 Å². The molecule has 0 radical (unpaired) electrons. The molecule has 3 aromatic carbocycles. The Kier molecular flexibility index (Phi) is 13.2. The molecule has 3 N–H and O–H groups in total. The fourth-order valence-corrected chi connectivity index (χ4v) is 9.28. The maximum Gasteiger partial charge on any atom is 0.315 e. The molecule has 5 atom stereocenters. The number of urea groups is 1. The number of carboxylic acid groups (broad SMARTS) is 1. The molecule has 298 valence electrons. The van der Waals surface area contributed by atoms with E-state index in [1.165, 1.54) is 22.5 Å². The zero-order chi connectivity index (χ0) is 39.0. The highest BCUT2D eigenvalue weighted by Gasteiger charge is 2.47. The smallest absolute Gasteiger partial charge is 0.315 e. The van der Waals surface area contributed by atoms with Crippen molar-refractivity contribution in [2.24, 2.45) is 11.3 Å². The maximum absolute atomic E-state index is 14.5. The van der Waals surface area contributed by atoms with Crippen LogP contribution in [0.3, 0.4) is 0 Å². The molecular formula is C40H51N4O10S-. The van der Waals surface area contributed by atoms with Crippen molar-refractivity contribution in [3.63, 3.8) is 0 Å². The van der Waals surface area contributed by atoms with Crippen LogP contribution < -0.4 is 25.2 Å². The van der Waals surface area contributed by atoms with Gasteiger partial charge in [-0.05, 0) is 54.4 Å². The van der Waals surface area contributed by atoms with Crippen molar-refractivity contribution in [3.05, 3.63) is 90.0 Å². The average molecular weight is 780 g/mol. The third-order valence-electron chi connectivity index (χ3n) is 10.5. The lowest BCUT2D eigenvalue weighted by Crippen LogP contribution is -2.61. The molecule has 3 heterocycles. The third kappa shape index (κ3) is 10.3. The van der Waals surface area contributed by atoms with Crippen molar-refractivity contribution < 1.29 is 47.2 Å². The first-order valence-electron chi connectivity index (χ1n) is 18.8. The number of amides is 3. The van der Waals surface area contributed by atoms with E-state index in [0.717, 1.165) is 16.0 Å². The molecule has 3 aliphatic heterocycles. The van der Waals surface area contributed by atoms with Gasteiger partial charge in [-0.2, -0.15) is 4.31 Å². The molecule has 6 rings (SSSR count). The molecule has 2 fully saturated rings. The van der Waals surface area contributed by atoms with E-state index in [4.69, 9.17) is 18.9 Å². The normalized spacial score (nSPS) is 20.2. The van der Waals surface area contributed by atoms with Gasteiger partial charge in [0, 0.05) is 38.2 Å². The molecule has 14 nitrogen and oxygen atoms in total. The van der Waals surface area contributed by atoms with Crippen LogP contribution in [0.1, 0.15) is 50.7 Å². The fraction of sp³-hybridized carbons (Fsp3) is 0.500. The van der Waals surface area contributed by atoms with Gasteiger partial charge in [-0.25, -0.2) is 13.2 Å². The van der Waals surface area contributed by atoms with Gasteiger partial charge in [-0.1, -0.05) is 80.9 Å². The number of aliphatic hydroxyl groups excluding tert-OH is 1. The molecule has 3 amide bonds. The Hall–Kier alpha value is -4.41. The predicted molar refractivity (Wildman–Crippen MR) is 200 cm³/mol. The second-order valence-corrected chi connectivity index (χ2v) is 17.1. The van der Waals surface area contributed by atoms with Gasteiger partial charge in [-0.15, -0.1) is 0 Å². The topological polar surface area (TPSA) is 179 Å². The Morgan fingerprint density at radius 3 is 2.38 bits per heavy atom. The van der Waals surface area contributed by atoms with Gasteiger partial charge in [0.15, 0.2) is 17.8 Å². The number of rotatable bonds is 18. The van der Waals surface area contributed by atoms with Gasteiger partial charge in [0.1, 0.15) is 6.09 Å². The Morgan fingerprint density at radius 2 is 1.65 bits per heavy atom. The summed E-state index contributed by atoms with van der Waals surface area (Å²) in [5, 5.41) is 30.8. The molecule has 0 spiro atoms. The van der Waals surface area contributed by atoms with Crippen LogP contribution in [0.5, 0.6) is 11.5 Å². The second kappa shape index (κ2) is 18.0. The molecule has 3 aromatic rings. The van der Waals surface area contributed by atoms with Crippen molar-refractivity contribution in [1.29, 1.82) is 0 Å². The van der Waals surface area contributed by atoms with Crippen LogP contribution in [-0.4, -0.2) is 99.0 Å². The molecule has 0 saturated carbocycles. The fourth-order valence-electron chi connectivity index (χ4n) is 7.61. The van der Waals surface area contributed by atoms with Crippen LogP contribution in [0.15, 0.2) is 83.8 Å². The van der Waals surface area contributed by atoms with Gasteiger partial charge in [-0.3, -0.25) is 0 Å². The first-order chi connectivity index (χ1) is 26.4. The SMILES string of the molecule is CC(C)(CCCCNC(=O)NCc1ccccc1)CN(C[C@@H](O)[C@H](Cc1ccccc1)N(C(=O)[O-])[C@H]1CO[C@H]2OCC[C@H]21)S(=O)(=O)c1ccc2c(c1)OCO2. The number of carbonyl (C=O) groups is 2. The number of aliphatic hydroxyl groups is 1. The summed E-state index contributed by atoms with van der Waals surface area (Å²) in [6.07, 6.45) is -0.846. The number of ether oxygens (including phenoxy) is 4. The maximum atomic E-state index is 14.5. The number of unbranched alkanes of at least 4 members (excludes halogenated alkanes) is 1. The number of hydrogen-bond acceptors (Lipinski definition) is 10. The van der Waals surface area contributed by atoms with E-state index < -0.39 is 52.6 Å². The van der Waals surface area contributed by atoms with Gasteiger partial charge in [0.25, 0.3) is 0 Å². The highest BCUT2D eigenvalue weighted by molar-refractivity contribution is 7.89. The summed E-state index contributed by atoms with van der Waals surface area (Å²) in [4.78, 5) is 26.4. The molecule has 0 bridgehead atoms. The second-order valence-electron chi connectivity index (χ2n) is 15.1.